The summed E-state index contributed by atoms with van der Waals surface area (Å²) in [6.45, 7) is 14.9. The summed E-state index contributed by atoms with van der Waals surface area (Å²) in [5.41, 5.74) is 20.5. The molecule has 0 bridgehead atoms. The van der Waals surface area contributed by atoms with Crippen molar-refractivity contribution in [2.45, 2.75) is 94.5 Å². The van der Waals surface area contributed by atoms with Crippen LogP contribution in [0.15, 0.2) is 257 Å². The van der Waals surface area contributed by atoms with E-state index in [1.807, 2.05) is 105 Å². The van der Waals surface area contributed by atoms with E-state index in [0.717, 1.165) is 77.8 Å². The maximum Gasteiger partial charge on any atom is 0.269 e. The molecular weight excluding hydrogens is 1490 g/mol. The zero-order valence-corrected chi connectivity index (χ0v) is 65.3. The van der Waals surface area contributed by atoms with Crippen molar-refractivity contribution < 1.29 is 41.7 Å². The second-order valence-electron chi connectivity index (χ2n) is 28.7. The molecule has 16 aromatic rings. The van der Waals surface area contributed by atoms with Gasteiger partial charge in [0, 0.05) is 176 Å². The number of nitrogens with zero attached hydrogens (tertiary/aromatic N) is 5. The fourth-order valence-corrected chi connectivity index (χ4v) is 15.3. The zero-order valence-electron chi connectivity index (χ0n) is 65.3. The molecule has 0 saturated heterocycles. The number of aromatic amines is 3. The Hall–Kier alpha value is -14.3. The third-order valence-corrected chi connectivity index (χ3v) is 20.6. The van der Waals surface area contributed by atoms with E-state index >= 15 is 0 Å². The summed E-state index contributed by atoms with van der Waals surface area (Å²) in [6, 6.07) is 64.2. The minimum absolute atomic E-state index is 0.0103. The Morgan fingerprint density at radius 2 is 0.718 bits per heavy atom. The van der Waals surface area contributed by atoms with Gasteiger partial charge in [0.15, 0.2) is 23.1 Å². The van der Waals surface area contributed by atoms with Gasteiger partial charge in [0.05, 0.1) is 47.3 Å². The molecule has 0 radical (unpaired) electrons. The number of rotatable bonds is 19. The van der Waals surface area contributed by atoms with Crippen molar-refractivity contribution in [3.8, 4) is 44.5 Å². The highest BCUT2D eigenvalue weighted by molar-refractivity contribution is 6.14. The molecule has 0 unspecified atom stereocenters. The number of H-pyrrole nitrogens is 3. The van der Waals surface area contributed by atoms with Crippen LogP contribution in [0.4, 0.5) is 23.2 Å². The highest BCUT2D eigenvalue weighted by Gasteiger charge is 2.30. The van der Waals surface area contributed by atoms with Crippen molar-refractivity contribution >= 4 is 72.4 Å². The van der Waals surface area contributed by atoms with Gasteiger partial charge in [0.25, 0.3) is 22.4 Å². The minimum Gasteiger partial charge on any atom is -0.333 e. The van der Waals surface area contributed by atoms with Crippen molar-refractivity contribution in [2.24, 2.45) is 5.73 Å². The summed E-state index contributed by atoms with van der Waals surface area (Å²) in [6.07, 6.45) is 5.48. The number of ketones is 4. The molecule has 0 amide bonds. The lowest BCUT2D eigenvalue weighted by molar-refractivity contribution is -0.384. The van der Waals surface area contributed by atoms with Crippen molar-refractivity contribution in [2.75, 3.05) is 0 Å². The van der Waals surface area contributed by atoms with Gasteiger partial charge in [-0.2, -0.15) is 0 Å². The Bertz CT molecular complexity index is 6810. The summed E-state index contributed by atoms with van der Waals surface area (Å²) >= 11 is 0. The summed E-state index contributed by atoms with van der Waals surface area (Å²) < 4.78 is 65.2. The molecular formula is C95H81F4N9O9. The standard InChI is InChI=1S/C25H24FN3O2.C24H19F2NO.C23H19FN2O2.C23H19N3O4/c1-3-16-7-9-22-20(12-16)23(19-5-4-10-28-25(19)31)24(15(2)30)29(22)14-18-11-17(13-27)6-8-21(18)26;1-15-11-12-22-19(13-15)23(18-8-4-6-10-21(18)26)24(16(2)28)27(22)14-17-7-3-5-9-20(17)25;1-14-9-10-20-18(12-14)21(17-7-5-11-25-23(17)28)22(15(2)27)26(20)13-16-6-3-4-8-19(16)24;1-14-8-9-20-19(11-14)21(18-7-4-10-24-23(18)28)22(15(2)27)25(20)13-16-5-3-6-17(12-16)26(29)30/h4-12H,3,13-14,27H2,1-2H3,(H,28,31);3-13H,14H2,1-2H3;3-12H,13H2,1-2H3,(H,25,28);3-12H,13H2,1-2H3,(H,24,28). The van der Waals surface area contributed by atoms with E-state index in [1.54, 1.807) is 148 Å². The number of nitrogens with one attached hydrogen (secondary N) is 3. The van der Waals surface area contributed by atoms with Crippen molar-refractivity contribution in [1.82, 2.24) is 33.2 Å². The molecule has 0 saturated carbocycles. The normalized spacial score (nSPS) is 11.1. The topological polar surface area (TPSA) is 256 Å². The van der Waals surface area contributed by atoms with Gasteiger partial charge in [-0.15, -0.1) is 0 Å². The van der Waals surface area contributed by atoms with Gasteiger partial charge in [-0.05, 0) is 159 Å². The molecule has 7 aromatic heterocycles. The van der Waals surface area contributed by atoms with Crippen LogP contribution in [0.5, 0.6) is 0 Å². The van der Waals surface area contributed by atoms with Gasteiger partial charge in [-0.25, -0.2) is 17.6 Å². The number of benzene rings is 9. The van der Waals surface area contributed by atoms with Crippen LogP contribution in [0.3, 0.4) is 0 Å². The van der Waals surface area contributed by atoms with E-state index in [9.17, 15) is 61.2 Å². The molecule has 5 N–H and O–H groups in total. The summed E-state index contributed by atoms with van der Waals surface area (Å²) in [7, 11) is 0. The maximum atomic E-state index is 14.7. The molecule has 7 heterocycles. The van der Waals surface area contributed by atoms with Crippen LogP contribution >= 0.6 is 0 Å². The van der Waals surface area contributed by atoms with Gasteiger partial charge in [-0.3, -0.25) is 43.7 Å². The number of fused-ring (bicyclic) bond motifs is 4. The number of carbonyl (C=O) groups is 4. The van der Waals surface area contributed by atoms with Crippen molar-refractivity contribution in [3.63, 3.8) is 0 Å². The molecule has 0 aliphatic carbocycles. The van der Waals surface area contributed by atoms with Crippen LogP contribution in [0.2, 0.25) is 0 Å². The quantitative estimate of drug-likeness (QED) is 0.0258. The van der Waals surface area contributed by atoms with E-state index < -0.39 is 10.7 Å². The summed E-state index contributed by atoms with van der Waals surface area (Å²) in [5, 5.41) is 14.3. The molecule has 16 rings (SSSR count). The summed E-state index contributed by atoms with van der Waals surface area (Å²) in [5.74, 6) is -2.17. The second-order valence-corrected chi connectivity index (χ2v) is 28.7. The number of aromatic nitrogens is 7. The first-order valence-corrected chi connectivity index (χ1v) is 37.8. The number of nitro groups is 1. The van der Waals surface area contributed by atoms with Crippen LogP contribution in [-0.4, -0.2) is 61.3 Å². The van der Waals surface area contributed by atoms with E-state index in [2.05, 4.69) is 15.0 Å². The van der Waals surface area contributed by atoms with Crippen LogP contribution < -0.4 is 22.4 Å². The number of aryl methyl sites for hydroxylation is 4. The molecule has 18 nitrogen and oxygen atoms in total. The third kappa shape index (κ3) is 16.6. The smallest absolute Gasteiger partial charge is 0.269 e. The Kier molecular flexibility index (Phi) is 23.9. The Balaban J connectivity index is 0.000000136. The number of carbonyl (C=O) groups excluding carboxylic acids is 4. The highest BCUT2D eigenvalue weighted by atomic mass is 19.1. The number of non-ortho nitro benzene ring substituents is 1. The number of halogens is 4. The Labute approximate surface area is 668 Å². The third-order valence-electron chi connectivity index (χ3n) is 20.6. The fraction of sp³-hybridized carbons (Fsp3) is 0.147. The van der Waals surface area contributed by atoms with Crippen LogP contribution in [0.1, 0.15) is 127 Å². The maximum absolute atomic E-state index is 14.7. The van der Waals surface area contributed by atoms with E-state index in [0.29, 0.717) is 96.1 Å². The van der Waals surface area contributed by atoms with E-state index in [4.69, 9.17) is 5.73 Å². The number of nitro benzene ring substituents is 1. The Morgan fingerprint density at radius 3 is 1.10 bits per heavy atom. The summed E-state index contributed by atoms with van der Waals surface area (Å²) in [4.78, 5) is 107. The molecule has 0 spiro atoms. The number of nitrogens with two attached hydrogens (primary N) is 1. The first kappa shape index (κ1) is 80.8. The monoisotopic (exact) mass is 1570 g/mol. The van der Waals surface area contributed by atoms with E-state index in [-0.39, 0.29) is 89.1 Å². The molecule has 117 heavy (non-hydrogen) atoms. The zero-order chi connectivity index (χ0) is 83.2. The second kappa shape index (κ2) is 34.6. The molecule has 22 heteroatoms. The number of Topliss-reactive ketones (excluding diaryl/α,β-unsaturated/α-hetero) is 4. The lowest BCUT2D eigenvalue weighted by atomic mass is 9.99. The van der Waals surface area contributed by atoms with Crippen LogP contribution in [-0.2, 0) is 39.1 Å². The number of hydrogen-bond donors (Lipinski definition) is 4. The lowest BCUT2D eigenvalue weighted by Crippen LogP contribution is -2.13. The largest absolute Gasteiger partial charge is 0.333 e. The number of pyridine rings is 3. The predicted octanol–water partition coefficient (Wildman–Crippen LogP) is 19.7. The first-order chi connectivity index (χ1) is 56.2. The SMILES string of the molecule is CC(=O)c1c(-c2ccc[nH]c2=O)c2cc(C)ccc2n1Cc1cccc([N+](=O)[O-])c1.CC(=O)c1c(-c2ccc[nH]c2=O)c2cc(C)ccc2n1Cc1ccccc1F.CC(=O)c1c(-c2ccccc2F)c2cc(C)ccc2n1Cc1ccccc1F.CCc1ccc2c(c1)c(-c1ccc[nH]c1=O)c(C(C)=O)n2Cc1cc(CN)ccc1F. The first-order valence-electron chi connectivity index (χ1n) is 37.8. The Morgan fingerprint density at radius 1 is 0.368 bits per heavy atom. The van der Waals surface area contributed by atoms with Gasteiger partial charge in [0.2, 0.25) is 0 Å². The van der Waals surface area contributed by atoms with Crippen molar-refractivity contribution in [3.05, 3.63) is 380 Å². The predicted molar refractivity (Wildman–Crippen MR) is 452 cm³/mol. The average Bonchev–Trinajstić information content (AvgIpc) is 1.62. The highest BCUT2D eigenvalue weighted by Crippen LogP contribution is 2.41. The lowest BCUT2D eigenvalue weighted by Gasteiger charge is -2.12. The molecule has 0 atom stereocenters. The van der Waals surface area contributed by atoms with Gasteiger partial charge in [0.1, 0.15) is 23.3 Å². The fourth-order valence-electron chi connectivity index (χ4n) is 15.3. The molecule has 0 aliphatic heterocycles. The molecule has 0 aliphatic rings. The molecule has 588 valence electrons. The molecule has 0 fully saturated rings. The van der Waals surface area contributed by atoms with Crippen molar-refractivity contribution in [1.29, 1.82) is 0 Å². The van der Waals surface area contributed by atoms with E-state index in [1.165, 1.54) is 64.1 Å². The van der Waals surface area contributed by atoms with Crippen LogP contribution in [0.25, 0.3) is 88.1 Å². The molecule has 9 aromatic carbocycles. The van der Waals surface area contributed by atoms with Gasteiger partial charge in [-0.1, -0.05) is 121 Å². The van der Waals surface area contributed by atoms with Gasteiger partial charge >= 0.3 is 0 Å². The van der Waals surface area contributed by atoms with Gasteiger partial charge < -0.3 is 39.0 Å². The average molecular weight is 1570 g/mol. The number of hydrogen-bond acceptors (Lipinski definition) is 10. The van der Waals surface area contributed by atoms with Crippen LogP contribution in [0, 0.1) is 54.2 Å². The minimum atomic E-state index is -0.443.